The molecular weight excluding hydrogens is 260 g/mol. The van der Waals surface area contributed by atoms with Crippen molar-refractivity contribution in [2.45, 2.75) is 33.6 Å². The summed E-state index contributed by atoms with van der Waals surface area (Å²) >= 11 is 0. The van der Waals surface area contributed by atoms with Gasteiger partial charge in [0.25, 0.3) is 0 Å². The van der Waals surface area contributed by atoms with E-state index >= 15 is 0 Å². The van der Waals surface area contributed by atoms with Gasteiger partial charge >= 0.3 is 0 Å². The lowest BCUT2D eigenvalue weighted by atomic mass is 9.99. The smallest absolute Gasteiger partial charge is 0.121 e. The Morgan fingerprint density at radius 1 is 1.29 bits per heavy atom. The standard InChI is InChI=1S/C18H30N2O/c1-15(2)14-21-18-6-4-5-17(13-18)19-9-12-20-10-7-16(3)8-11-20/h4-6,13,15-16,19H,7-12,14H2,1-3H3. The topological polar surface area (TPSA) is 24.5 Å². The van der Waals surface area contributed by atoms with Crippen LogP contribution in [0.4, 0.5) is 5.69 Å². The van der Waals surface area contributed by atoms with Gasteiger partial charge in [0.15, 0.2) is 0 Å². The first-order valence-electron chi connectivity index (χ1n) is 8.32. The number of piperidine rings is 1. The van der Waals surface area contributed by atoms with Crippen LogP contribution in [0, 0.1) is 11.8 Å². The van der Waals surface area contributed by atoms with E-state index in [0.29, 0.717) is 5.92 Å². The molecular formula is C18H30N2O. The second kappa shape index (κ2) is 8.28. The predicted octanol–water partition coefficient (Wildman–Crippen LogP) is 3.87. The zero-order chi connectivity index (χ0) is 15.1. The van der Waals surface area contributed by atoms with Gasteiger partial charge in [0, 0.05) is 24.8 Å². The van der Waals surface area contributed by atoms with E-state index in [4.69, 9.17) is 4.74 Å². The third-order valence-electron chi connectivity index (χ3n) is 4.05. The summed E-state index contributed by atoms with van der Waals surface area (Å²) in [6, 6.07) is 8.29. The minimum Gasteiger partial charge on any atom is -0.493 e. The highest BCUT2D eigenvalue weighted by molar-refractivity contribution is 5.48. The van der Waals surface area contributed by atoms with Crippen molar-refractivity contribution in [2.24, 2.45) is 11.8 Å². The Bertz CT molecular complexity index is 411. The Labute approximate surface area is 129 Å². The van der Waals surface area contributed by atoms with Crippen LogP contribution in [0.2, 0.25) is 0 Å². The molecule has 0 aliphatic carbocycles. The van der Waals surface area contributed by atoms with Crippen LogP contribution in [0.25, 0.3) is 0 Å². The van der Waals surface area contributed by atoms with Crippen LogP contribution < -0.4 is 10.1 Å². The maximum absolute atomic E-state index is 5.77. The predicted molar refractivity (Wildman–Crippen MR) is 90.1 cm³/mol. The molecule has 118 valence electrons. The maximum Gasteiger partial charge on any atom is 0.121 e. The number of likely N-dealkylation sites (tertiary alicyclic amines) is 1. The van der Waals surface area contributed by atoms with E-state index in [2.05, 4.69) is 49.2 Å². The van der Waals surface area contributed by atoms with Crippen molar-refractivity contribution in [3.63, 3.8) is 0 Å². The van der Waals surface area contributed by atoms with E-state index in [9.17, 15) is 0 Å². The number of rotatable bonds is 7. The van der Waals surface area contributed by atoms with Gasteiger partial charge in [-0.1, -0.05) is 26.8 Å². The lowest BCUT2D eigenvalue weighted by Gasteiger charge is -2.30. The highest BCUT2D eigenvalue weighted by Gasteiger charge is 2.14. The highest BCUT2D eigenvalue weighted by atomic mass is 16.5. The molecule has 1 N–H and O–H groups in total. The number of ether oxygens (including phenoxy) is 1. The first kappa shape index (κ1) is 16.2. The van der Waals surface area contributed by atoms with Crippen molar-refractivity contribution < 1.29 is 4.74 Å². The number of hydrogen-bond acceptors (Lipinski definition) is 3. The summed E-state index contributed by atoms with van der Waals surface area (Å²) in [6.45, 7) is 12.1. The van der Waals surface area contributed by atoms with Gasteiger partial charge in [-0.25, -0.2) is 0 Å². The summed E-state index contributed by atoms with van der Waals surface area (Å²) in [5.74, 6) is 2.42. The molecule has 1 aliphatic rings. The van der Waals surface area contributed by atoms with E-state index < -0.39 is 0 Å². The molecule has 21 heavy (non-hydrogen) atoms. The molecule has 0 spiro atoms. The molecule has 1 aromatic rings. The fourth-order valence-electron chi connectivity index (χ4n) is 2.60. The van der Waals surface area contributed by atoms with Crippen LogP contribution in [-0.2, 0) is 0 Å². The number of anilines is 1. The largest absolute Gasteiger partial charge is 0.493 e. The molecule has 0 amide bonds. The van der Waals surface area contributed by atoms with Crippen LogP contribution >= 0.6 is 0 Å². The first-order chi connectivity index (χ1) is 10.1. The monoisotopic (exact) mass is 290 g/mol. The molecule has 0 bridgehead atoms. The normalized spacial score (nSPS) is 17.1. The van der Waals surface area contributed by atoms with Crippen LogP contribution in [-0.4, -0.2) is 37.7 Å². The average Bonchev–Trinajstić information content (AvgIpc) is 2.48. The van der Waals surface area contributed by atoms with E-state index in [1.165, 1.54) is 25.9 Å². The van der Waals surface area contributed by atoms with E-state index in [1.54, 1.807) is 0 Å². The van der Waals surface area contributed by atoms with Gasteiger partial charge in [-0.3, -0.25) is 0 Å². The molecule has 1 aromatic carbocycles. The van der Waals surface area contributed by atoms with E-state index in [1.807, 2.05) is 6.07 Å². The first-order valence-corrected chi connectivity index (χ1v) is 8.32. The summed E-state index contributed by atoms with van der Waals surface area (Å²) < 4.78 is 5.77. The number of hydrogen-bond donors (Lipinski definition) is 1. The molecule has 0 aromatic heterocycles. The summed E-state index contributed by atoms with van der Waals surface area (Å²) in [4.78, 5) is 2.56. The van der Waals surface area contributed by atoms with Crippen molar-refractivity contribution >= 4 is 5.69 Å². The molecule has 1 fully saturated rings. The molecule has 0 atom stereocenters. The van der Waals surface area contributed by atoms with Crippen molar-refractivity contribution in [2.75, 3.05) is 38.1 Å². The molecule has 0 saturated carbocycles. The molecule has 1 heterocycles. The van der Waals surface area contributed by atoms with Crippen molar-refractivity contribution in [3.05, 3.63) is 24.3 Å². The van der Waals surface area contributed by atoms with Gasteiger partial charge in [0.2, 0.25) is 0 Å². The van der Waals surface area contributed by atoms with Gasteiger partial charge in [-0.05, 0) is 49.9 Å². The third-order valence-corrected chi connectivity index (χ3v) is 4.05. The quantitative estimate of drug-likeness (QED) is 0.825. The second-order valence-corrected chi connectivity index (χ2v) is 6.68. The summed E-state index contributed by atoms with van der Waals surface area (Å²) in [7, 11) is 0. The summed E-state index contributed by atoms with van der Waals surface area (Å²) in [6.07, 6.45) is 2.69. The molecule has 3 heteroatoms. The van der Waals surface area contributed by atoms with E-state index in [-0.39, 0.29) is 0 Å². The second-order valence-electron chi connectivity index (χ2n) is 6.68. The Kier molecular flexibility index (Phi) is 6.37. The number of benzene rings is 1. The van der Waals surface area contributed by atoms with Crippen LogP contribution in [0.5, 0.6) is 5.75 Å². The fraction of sp³-hybridized carbons (Fsp3) is 0.667. The Balaban J connectivity index is 1.71. The Hall–Kier alpha value is -1.22. The SMILES string of the molecule is CC(C)COc1cccc(NCCN2CCC(C)CC2)c1. The van der Waals surface area contributed by atoms with Gasteiger partial charge in [0.1, 0.15) is 5.75 Å². The van der Waals surface area contributed by atoms with Gasteiger partial charge < -0.3 is 15.0 Å². The summed E-state index contributed by atoms with van der Waals surface area (Å²) in [5.41, 5.74) is 1.15. The van der Waals surface area contributed by atoms with Crippen molar-refractivity contribution in [1.82, 2.24) is 4.90 Å². The zero-order valence-electron chi connectivity index (χ0n) is 13.8. The molecule has 1 aliphatic heterocycles. The molecule has 2 rings (SSSR count). The summed E-state index contributed by atoms with van der Waals surface area (Å²) in [5, 5.41) is 3.51. The number of nitrogens with zero attached hydrogens (tertiary/aromatic N) is 1. The van der Waals surface area contributed by atoms with E-state index in [0.717, 1.165) is 37.1 Å². The van der Waals surface area contributed by atoms with Crippen LogP contribution in [0.1, 0.15) is 33.6 Å². The fourth-order valence-corrected chi connectivity index (χ4v) is 2.60. The highest BCUT2D eigenvalue weighted by Crippen LogP contribution is 2.18. The average molecular weight is 290 g/mol. The minimum atomic E-state index is 0.558. The van der Waals surface area contributed by atoms with Gasteiger partial charge in [-0.2, -0.15) is 0 Å². The minimum absolute atomic E-state index is 0.558. The number of nitrogens with one attached hydrogen (secondary N) is 1. The Morgan fingerprint density at radius 2 is 2.05 bits per heavy atom. The van der Waals surface area contributed by atoms with Gasteiger partial charge in [-0.15, -0.1) is 0 Å². The molecule has 3 nitrogen and oxygen atoms in total. The van der Waals surface area contributed by atoms with Crippen molar-refractivity contribution in [1.29, 1.82) is 0 Å². The zero-order valence-corrected chi connectivity index (χ0v) is 13.8. The van der Waals surface area contributed by atoms with Crippen LogP contribution in [0.15, 0.2) is 24.3 Å². The van der Waals surface area contributed by atoms with Gasteiger partial charge in [0.05, 0.1) is 6.61 Å². The maximum atomic E-state index is 5.77. The molecule has 0 radical (unpaired) electrons. The Morgan fingerprint density at radius 3 is 2.76 bits per heavy atom. The lowest BCUT2D eigenvalue weighted by molar-refractivity contribution is 0.199. The van der Waals surface area contributed by atoms with Crippen molar-refractivity contribution in [3.8, 4) is 5.75 Å². The molecule has 0 unspecified atom stereocenters. The van der Waals surface area contributed by atoms with Crippen LogP contribution in [0.3, 0.4) is 0 Å². The third kappa shape index (κ3) is 5.96. The molecule has 1 saturated heterocycles. The lowest BCUT2D eigenvalue weighted by Crippen LogP contribution is -2.36.